The molecule has 1 unspecified atom stereocenters. The topological polar surface area (TPSA) is 29.1 Å². The van der Waals surface area contributed by atoms with E-state index in [2.05, 4.69) is 44.1 Å². The Kier molecular flexibility index (Phi) is 6.20. The fraction of sp³-hybridized carbons (Fsp3) is 0.462. The van der Waals surface area contributed by atoms with Crippen molar-refractivity contribution in [1.82, 2.24) is 5.32 Å². The zero-order valence-electron chi connectivity index (χ0n) is 10.1. The van der Waals surface area contributed by atoms with Crippen molar-refractivity contribution >= 4 is 37.8 Å². The highest BCUT2D eigenvalue weighted by molar-refractivity contribution is 9.10. The minimum Gasteiger partial charge on any atom is -0.349 e. The number of hydrogen-bond acceptors (Lipinski definition) is 1. The maximum Gasteiger partial charge on any atom is 0.251 e. The third-order valence-electron chi connectivity index (χ3n) is 2.72. The van der Waals surface area contributed by atoms with E-state index in [1.807, 2.05) is 25.1 Å². The van der Waals surface area contributed by atoms with Crippen LogP contribution in [-0.4, -0.2) is 17.3 Å². The quantitative estimate of drug-likeness (QED) is 0.786. The Labute approximate surface area is 119 Å². The molecule has 0 radical (unpaired) electrons. The van der Waals surface area contributed by atoms with Crippen LogP contribution in [-0.2, 0) is 0 Å². The van der Waals surface area contributed by atoms with Crippen LogP contribution in [0.3, 0.4) is 0 Å². The normalized spacial score (nSPS) is 12.2. The van der Waals surface area contributed by atoms with Crippen LogP contribution in [0.5, 0.6) is 0 Å². The van der Waals surface area contributed by atoms with Gasteiger partial charge in [-0.2, -0.15) is 0 Å². The zero-order valence-corrected chi connectivity index (χ0v) is 13.3. The van der Waals surface area contributed by atoms with Gasteiger partial charge in [0.05, 0.1) is 0 Å². The third kappa shape index (κ3) is 4.43. The molecule has 0 aromatic heterocycles. The molecule has 0 saturated heterocycles. The molecule has 0 heterocycles. The van der Waals surface area contributed by atoms with Crippen LogP contribution in [0.1, 0.15) is 35.7 Å². The van der Waals surface area contributed by atoms with Crippen molar-refractivity contribution in [2.75, 3.05) is 5.33 Å². The summed E-state index contributed by atoms with van der Waals surface area (Å²) in [6.07, 6.45) is 1.90. The first-order valence-electron chi connectivity index (χ1n) is 5.71. The monoisotopic (exact) mass is 361 g/mol. The Morgan fingerprint density at radius 2 is 2.18 bits per heavy atom. The van der Waals surface area contributed by atoms with Gasteiger partial charge in [-0.05, 0) is 37.5 Å². The summed E-state index contributed by atoms with van der Waals surface area (Å²) in [6, 6.07) is 5.91. The second-order valence-electron chi connectivity index (χ2n) is 4.02. The molecule has 1 N–H and O–H groups in total. The fourth-order valence-electron chi connectivity index (χ4n) is 1.51. The molecule has 0 aliphatic rings. The smallest absolute Gasteiger partial charge is 0.251 e. The summed E-state index contributed by atoms with van der Waals surface area (Å²) in [5.41, 5.74) is 1.84. The summed E-state index contributed by atoms with van der Waals surface area (Å²) in [6.45, 7) is 4.09. The van der Waals surface area contributed by atoms with E-state index in [1.54, 1.807) is 0 Å². The predicted octanol–water partition coefficient (Wildman–Crippen LogP) is 4.05. The van der Waals surface area contributed by atoms with Gasteiger partial charge in [0.2, 0.25) is 0 Å². The average Bonchev–Trinajstić information content (AvgIpc) is 2.31. The highest BCUT2D eigenvalue weighted by Crippen LogP contribution is 2.17. The van der Waals surface area contributed by atoms with E-state index in [0.29, 0.717) is 5.56 Å². The van der Waals surface area contributed by atoms with Crippen molar-refractivity contribution in [2.24, 2.45) is 0 Å². The first kappa shape index (κ1) is 14.7. The molecule has 1 atom stereocenters. The van der Waals surface area contributed by atoms with Gasteiger partial charge < -0.3 is 5.32 Å². The maximum atomic E-state index is 12.0. The van der Waals surface area contributed by atoms with Crippen LogP contribution in [0.2, 0.25) is 0 Å². The lowest BCUT2D eigenvalue weighted by Crippen LogP contribution is -2.34. The predicted molar refractivity (Wildman–Crippen MR) is 78.8 cm³/mol. The van der Waals surface area contributed by atoms with Crippen molar-refractivity contribution in [3.8, 4) is 0 Å². The van der Waals surface area contributed by atoms with Crippen LogP contribution < -0.4 is 5.32 Å². The molecule has 1 aromatic carbocycles. The van der Waals surface area contributed by atoms with Crippen LogP contribution in [0.25, 0.3) is 0 Å². The Morgan fingerprint density at radius 1 is 1.47 bits per heavy atom. The summed E-state index contributed by atoms with van der Waals surface area (Å²) in [7, 11) is 0. The second-order valence-corrected chi connectivity index (χ2v) is 5.67. The summed E-state index contributed by atoms with van der Waals surface area (Å²) < 4.78 is 0.971. The lowest BCUT2D eigenvalue weighted by atomic mass is 10.1. The van der Waals surface area contributed by atoms with E-state index < -0.39 is 0 Å². The third-order valence-corrected chi connectivity index (χ3v) is 4.03. The number of benzene rings is 1. The number of hydrogen-bond donors (Lipinski definition) is 1. The molecule has 0 aliphatic heterocycles. The highest BCUT2D eigenvalue weighted by Gasteiger charge is 2.12. The Balaban J connectivity index is 2.72. The molecule has 0 spiro atoms. The van der Waals surface area contributed by atoms with E-state index in [-0.39, 0.29) is 11.9 Å². The molecule has 1 aromatic rings. The van der Waals surface area contributed by atoms with Crippen LogP contribution in [0, 0.1) is 6.92 Å². The summed E-state index contributed by atoms with van der Waals surface area (Å²) in [5, 5.41) is 3.95. The maximum absolute atomic E-state index is 12.0. The first-order valence-corrected chi connectivity index (χ1v) is 7.63. The molecule has 0 aliphatic carbocycles. The van der Waals surface area contributed by atoms with Crippen LogP contribution in [0.15, 0.2) is 22.7 Å². The SMILES string of the molecule is CCC(CCBr)NC(=O)c1ccc(C)c(Br)c1. The molecule has 1 amide bonds. The lowest BCUT2D eigenvalue weighted by molar-refractivity contribution is 0.0935. The Hall–Kier alpha value is -0.350. The van der Waals surface area contributed by atoms with Gasteiger partial charge in [0.1, 0.15) is 0 Å². The van der Waals surface area contributed by atoms with E-state index in [1.165, 1.54) is 0 Å². The molecule has 4 heteroatoms. The summed E-state index contributed by atoms with van der Waals surface area (Å²) >= 11 is 6.84. The standard InChI is InChI=1S/C13H17Br2NO/c1-3-11(6-7-14)16-13(17)10-5-4-9(2)12(15)8-10/h4-5,8,11H,3,6-7H2,1-2H3,(H,16,17). The van der Waals surface area contributed by atoms with Gasteiger partial charge in [-0.1, -0.05) is 44.8 Å². The van der Waals surface area contributed by atoms with Gasteiger partial charge in [-0.25, -0.2) is 0 Å². The van der Waals surface area contributed by atoms with Gasteiger partial charge in [0.25, 0.3) is 5.91 Å². The number of halogens is 2. The molecule has 0 saturated carbocycles. The van der Waals surface area contributed by atoms with Gasteiger partial charge >= 0.3 is 0 Å². The van der Waals surface area contributed by atoms with Crippen LogP contribution in [0.4, 0.5) is 0 Å². The molecule has 0 fully saturated rings. The van der Waals surface area contributed by atoms with E-state index in [0.717, 1.165) is 28.2 Å². The van der Waals surface area contributed by atoms with E-state index in [9.17, 15) is 4.79 Å². The summed E-state index contributed by atoms with van der Waals surface area (Å²) in [5.74, 6) is -0.00139. The Morgan fingerprint density at radius 3 is 2.71 bits per heavy atom. The fourth-order valence-corrected chi connectivity index (χ4v) is 2.44. The number of carbonyl (C=O) groups is 1. The average molecular weight is 363 g/mol. The lowest BCUT2D eigenvalue weighted by Gasteiger charge is -2.16. The number of carbonyl (C=O) groups excluding carboxylic acids is 1. The van der Waals surface area contributed by atoms with Crippen molar-refractivity contribution in [3.05, 3.63) is 33.8 Å². The summed E-state index contributed by atoms with van der Waals surface area (Å²) in [4.78, 5) is 12.0. The molecule has 17 heavy (non-hydrogen) atoms. The molecular formula is C13H17Br2NO. The van der Waals surface area contributed by atoms with E-state index in [4.69, 9.17) is 0 Å². The van der Waals surface area contributed by atoms with Gasteiger partial charge in [0, 0.05) is 21.4 Å². The second kappa shape index (κ2) is 7.17. The minimum atomic E-state index is -0.00139. The number of rotatable bonds is 5. The van der Waals surface area contributed by atoms with Gasteiger partial charge in [0.15, 0.2) is 0 Å². The highest BCUT2D eigenvalue weighted by atomic mass is 79.9. The molecule has 1 rings (SSSR count). The molecule has 94 valence electrons. The van der Waals surface area contributed by atoms with E-state index >= 15 is 0 Å². The minimum absolute atomic E-state index is 0.00139. The largest absolute Gasteiger partial charge is 0.349 e. The molecular weight excluding hydrogens is 346 g/mol. The number of nitrogens with one attached hydrogen (secondary N) is 1. The first-order chi connectivity index (χ1) is 8.08. The van der Waals surface area contributed by atoms with Crippen molar-refractivity contribution in [1.29, 1.82) is 0 Å². The van der Waals surface area contributed by atoms with Crippen LogP contribution >= 0.6 is 31.9 Å². The zero-order chi connectivity index (χ0) is 12.8. The number of aryl methyl sites for hydroxylation is 1. The van der Waals surface area contributed by atoms with Crippen molar-refractivity contribution in [2.45, 2.75) is 32.7 Å². The Bertz CT molecular complexity index is 393. The number of alkyl halides is 1. The van der Waals surface area contributed by atoms with Gasteiger partial charge in [-0.3, -0.25) is 4.79 Å². The molecule has 2 nitrogen and oxygen atoms in total. The van der Waals surface area contributed by atoms with Gasteiger partial charge in [-0.15, -0.1) is 0 Å². The van der Waals surface area contributed by atoms with Crippen molar-refractivity contribution < 1.29 is 4.79 Å². The van der Waals surface area contributed by atoms with Crippen molar-refractivity contribution in [3.63, 3.8) is 0 Å². The molecule has 0 bridgehead atoms. The number of amides is 1.